The van der Waals surface area contributed by atoms with E-state index in [9.17, 15) is 9.90 Å². The van der Waals surface area contributed by atoms with Crippen LogP contribution in [0.4, 0.5) is 0 Å². The highest BCUT2D eigenvalue weighted by Gasteiger charge is 2.46. The van der Waals surface area contributed by atoms with Crippen molar-refractivity contribution in [2.45, 2.75) is 37.7 Å². The van der Waals surface area contributed by atoms with Gasteiger partial charge in [-0.2, -0.15) is 0 Å². The van der Waals surface area contributed by atoms with Gasteiger partial charge in [-0.05, 0) is 17.7 Å². The lowest BCUT2D eigenvalue weighted by Crippen LogP contribution is -2.55. The monoisotopic (exact) mass is 427 g/mol. The Morgan fingerprint density at radius 1 is 1.10 bits per heavy atom. The molecule has 1 fully saturated rings. The lowest BCUT2D eigenvalue weighted by atomic mass is 9.89. The summed E-state index contributed by atoms with van der Waals surface area (Å²) < 4.78 is 22.8. The summed E-state index contributed by atoms with van der Waals surface area (Å²) in [7, 11) is 3.15. The zero-order valence-corrected chi connectivity index (χ0v) is 18.0. The average molecular weight is 427 g/mol. The van der Waals surface area contributed by atoms with E-state index < -0.39 is 11.7 Å². The summed E-state index contributed by atoms with van der Waals surface area (Å²) in [6, 6.07) is 13.4. The third-order valence-corrected chi connectivity index (χ3v) is 6.12. The number of β-amino-alcohol motifs (C(OH)–C–C–N with tert-alkyl or cyclic N) is 1. The Kier molecular flexibility index (Phi) is 6.46. The summed E-state index contributed by atoms with van der Waals surface area (Å²) in [5.74, 6) is 1.09. The number of rotatable bonds is 6. The number of nitrogens with zero attached hydrogens (tertiary/aromatic N) is 1. The molecule has 2 aromatic rings. The first-order valence-electron chi connectivity index (χ1n) is 10.5. The van der Waals surface area contributed by atoms with Crippen molar-refractivity contribution in [2.75, 3.05) is 34.0 Å². The second-order valence-electron chi connectivity index (χ2n) is 7.94. The predicted octanol–water partition coefficient (Wildman–Crippen LogP) is 2.85. The minimum Gasteiger partial charge on any atom is -0.496 e. The van der Waals surface area contributed by atoms with E-state index in [4.69, 9.17) is 18.9 Å². The van der Waals surface area contributed by atoms with E-state index in [2.05, 4.69) is 0 Å². The van der Waals surface area contributed by atoms with E-state index in [0.29, 0.717) is 56.3 Å². The van der Waals surface area contributed by atoms with Crippen LogP contribution in [-0.2, 0) is 27.4 Å². The third-order valence-electron chi connectivity index (χ3n) is 6.12. The van der Waals surface area contributed by atoms with Gasteiger partial charge in [-0.25, -0.2) is 0 Å². The van der Waals surface area contributed by atoms with Crippen molar-refractivity contribution in [2.24, 2.45) is 0 Å². The lowest BCUT2D eigenvalue weighted by molar-refractivity contribution is -0.176. The summed E-state index contributed by atoms with van der Waals surface area (Å²) in [6.45, 7) is 1.77. The van der Waals surface area contributed by atoms with Gasteiger partial charge >= 0.3 is 0 Å². The molecule has 0 saturated carbocycles. The second-order valence-corrected chi connectivity index (χ2v) is 7.94. The molecule has 2 heterocycles. The average Bonchev–Trinajstić information content (AvgIpc) is 2.82. The summed E-state index contributed by atoms with van der Waals surface area (Å²) >= 11 is 0. The molecular formula is C24H29NO6. The van der Waals surface area contributed by atoms with E-state index in [1.807, 2.05) is 30.3 Å². The molecule has 2 aliphatic heterocycles. The molecule has 2 aromatic carbocycles. The number of aliphatic hydroxyl groups is 1. The highest BCUT2D eigenvalue weighted by atomic mass is 16.5. The molecule has 31 heavy (non-hydrogen) atoms. The van der Waals surface area contributed by atoms with Gasteiger partial charge in [-0.3, -0.25) is 4.79 Å². The van der Waals surface area contributed by atoms with Crippen LogP contribution >= 0.6 is 0 Å². The lowest BCUT2D eigenvalue weighted by Gasteiger charge is -2.42. The van der Waals surface area contributed by atoms with Crippen LogP contribution in [0.15, 0.2) is 42.5 Å². The summed E-state index contributed by atoms with van der Waals surface area (Å²) in [4.78, 5) is 15.4. The largest absolute Gasteiger partial charge is 0.496 e. The topological polar surface area (TPSA) is 77.5 Å². The molecule has 0 spiro atoms. The Labute approximate surface area is 182 Å². The van der Waals surface area contributed by atoms with Crippen molar-refractivity contribution in [1.29, 1.82) is 0 Å². The molecule has 1 unspecified atom stereocenters. The predicted molar refractivity (Wildman–Crippen MR) is 114 cm³/mol. The minimum atomic E-state index is -0.975. The summed E-state index contributed by atoms with van der Waals surface area (Å²) in [5.41, 5.74) is 1.48. The first-order valence-corrected chi connectivity index (χ1v) is 10.5. The molecule has 0 aliphatic carbocycles. The molecule has 7 heteroatoms. The number of carbonyl (C=O) groups is 1. The van der Waals surface area contributed by atoms with E-state index in [1.165, 1.54) is 0 Å². The van der Waals surface area contributed by atoms with Crippen LogP contribution < -0.4 is 9.47 Å². The number of hydrogen-bond donors (Lipinski definition) is 1. The summed E-state index contributed by atoms with van der Waals surface area (Å²) in [6.07, 6.45) is 0.0875. The number of aliphatic hydroxyl groups excluding tert-OH is 1. The van der Waals surface area contributed by atoms with Crippen LogP contribution in [0, 0.1) is 0 Å². The number of methoxy groups -OCH3 is 2. The Balaban J connectivity index is 1.61. The molecular weight excluding hydrogens is 398 g/mol. The molecule has 0 aromatic heterocycles. The van der Waals surface area contributed by atoms with E-state index in [0.717, 1.165) is 11.1 Å². The third kappa shape index (κ3) is 4.26. The van der Waals surface area contributed by atoms with Crippen molar-refractivity contribution < 1.29 is 28.8 Å². The standard InChI is InChI=1S/C24H29NO6/c1-28-20-8-9-21(29-2)22-18(20)14-25(15-19(22)26)23(27)24(10-12-30-13-11-24)31-16-17-6-4-3-5-7-17/h3-9,19,26H,10-16H2,1-2H3. The minimum absolute atomic E-state index is 0.124. The fraction of sp³-hybridized carbons (Fsp3) is 0.458. The normalized spacial score (nSPS) is 20.1. The van der Waals surface area contributed by atoms with Gasteiger partial charge in [0.15, 0.2) is 5.60 Å². The van der Waals surface area contributed by atoms with Gasteiger partial charge in [0.25, 0.3) is 5.91 Å². The van der Waals surface area contributed by atoms with Crippen LogP contribution in [0.25, 0.3) is 0 Å². The number of ether oxygens (including phenoxy) is 4. The van der Waals surface area contributed by atoms with Crippen molar-refractivity contribution >= 4 is 5.91 Å². The SMILES string of the molecule is COc1ccc(OC)c2c1CN(C(=O)C1(OCc3ccccc3)CCOCC1)CC2O. The molecule has 1 N–H and O–H groups in total. The van der Waals surface area contributed by atoms with Gasteiger partial charge in [0.2, 0.25) is 0 Å². The van der Waals surface area contributed by atoms with Gasteiger partial charge < -0.3 is 29.0 Å². The van der Waals surface area contributed by atoms with Gasteiger partial charge in [0.1, 0.15) is 17.6 Å². The first-order chi connectivity index (χ1) is 15.1. The zero-order chi connectivity index (χ0) is 21.8. The number of benzene rings is 2. The second kappa shape index (κ2) is 9.26. The number of fused-ring (bicyclic) bond motifs is 1. The number of hydrogen-bond acceptors (Lipinski definition) is 6. The maximum Gasteiger partial charge on any atom is 0.255 e. The van der Waals surface area contributed by atoms with E-state index >= 15 is 0 Å². The maximum absolute atomic E-state index is 13.8. The molecule has 0 radical (unpaired) electrons. The van der Waals surface area contributed by atoms with Gasteiger partial charge in [-0.1, -0.05) is 30.3 Å². The van der Waals surface area contributed by atoms with Crippen molar-refractivity contribution in [3.05, 3.63) is 59.2 Å². The Hall–Kier alpha value is -2.61. The van der Waals surface area contributed by atoms with E-state index in [-0.39, 0.29) is 12.5 Å². The van der Waals surface area contributed by atoms with Crippen LogP contribution in [0.5, 0.6) is 11.5 Å². The molecule has 0 bridgehead atoms. The number of amides is 1. The molecule has 1 atom stereocenters. The fourth-order valence-corrected chi connectivity index (χ4v) is 4.44. The molecule has 1 amide bonds. The van der Waals surface area contributed by atoms with Crippen molar-refractivity contribution in [1.82, 2.24) is 4.90 Å². The molecule has 1 saturated heterocycles. The van der Waals surface area contributed by atoms with Crippen LogP contribution in [0.1, 0.15) is 35.6 Å². The molecule has 4 rings (SSSR count). The van der Waals surface area contributed by atoms with Gasteiger partial charge in [-0.15, -0.1) is 0 Å². The van der Waals surface area contributed by atoms with Crippen LogP contribution in [0.2, 0.25) is 0 Å². The first kappa shape index (κ1) is 21.6. The fourth-order valence-electron chi connectivity index (χ4n) is 4.44. The molecule has 2 aliphatic rings. The highest BCUT2D eigenvalue weighted by molar-refractivity contribution is 5.86. The quantitative estimate of drug-likeness (QED) is 0.764. The van der Waals surface area contributed by atoms with Crippen LogP contribution in [0.3, 0.4) is 0 Å². The van der Waals surface area contributed by atoms with E-state index in [1.54, 1.807) is 31.3 Å². The maximum atomic E-state index is 13.8. The van der Waals surface area contributed by atoms with Gasteiger partial charge in [0.05, 0.1) is 33.9 Å². The zero-order valence-electron chi connectivity index (χ0n) is 18.0. The molecule has 166 valence electrons. The highest BCUT2D eigenvalue weighted by Crippen LogP contribution is 2.41. The van der Waals surface area contributed by atoms with Gasteiger partial charge in [0, 0.05) is 37.2 Å². The number of carbonyl (C=O) groups excluding carboxylic acids is 1. The summed E-state index contributed by atoms with van der Waals surface area (Å²) in [5, 5.41) is 10.9. The smallest absolute Gasteiger partial charge is 0.255 e. The Bertz CT molecular complexity index is 910. The van der Waals surface area contributed by atoms with Crippen molar-refractivity contribution in [3.8, 4) is 11.5 Å². The molecule has 7 nitrogen and oxygen atoms in total. The van der Waals surface area contributed by atoms with Crippen molar-refractivity contribution in [3.63, 3.8) is 0 Å². The van der Waals surface area contributed by atoms with Crippen LogP contribution in [-0.4, -0.2) is 55.5 Å². The Morgan fingerprint density at radius 2 is 1.77 bits per heavy atom. The Morgan fingerprint density at radius 3 is 2.45 bits per heavy atom.